The number of hydrogen-bond donors (Lipinski definition) is 2. The minimum atomic E-state index is -0.378. The standard InChI is InChI=1S/C21H26N2O4/c1-15(2)26-13-5-11-22-21(25)19(14-18-6-4-12-27-18)23-20(24)17-9-7-16(3)8-10-17/h4,6-10,12,14-15H,5,11,13H2,1-3H3,(H,22,25)(H,23,24)/b19-14-. The third-order valence-electron chi connectivity index (χ3n) is 3.69. The van der Waals surface area contributed by atoms with Crippen LogP contribution in [0.2, 0.25) is 0 Å². The van der Waals surface area contributed by atoms with E-state index in [0.29, 0.717) is 30.9 Å². The Morgan fingerprint density at radius 2 is 1.93 bits per heavy atom. The van der Waals surface area contributed by atoms with Crippen LogP contribution in [0.4, 0.5) is 0 Å². The number of benzene rings is 1. The van der Waals surface area contributed by atoms with E-state index in [0.717, 1.165) is 5.56 Å². The number of rotatable bonds is 9. The maximum Gasteiger partial charge on any atom is 0.267 e. The van der Waals surface area contributed by atoms with E-state index in [2.05, 4.69) is 10.6 Å². The van der Waals surface area contributed by atoms with Crippen molar-refractivity contribution < 1.29 is 18.7 Å². The Morgan fingerprint density at radius 1 is 1.19 bits per heavy atom. The predicted octanol–water partition coefficient (Wildman–Crippen LogP) is 3.29. The molecule has 0 aliphatic carbocycles. The summed E-state index contributed by atoms with van der Waals surface area (Å²) >= 11 is 0. The van der Waals surface area contributed by atoms with E-state index in [1.165, 1.54) is 12.3 Å². The van der Waals surface area contributed by atoms with Crippen molar-refractivity contribution in [3.05, 3.63) is 65.2 Å². The molecule has 27 heavy (non-hydrogen) atoms. The number of carbonyl (C=O) groups excluding carboxylic acids is 2. The molecular weight excluding hydrogens is 344 g/mol. The Balaban J connectivity index is 2.02. The van der Waals surface area contributed by atoms with Crippen LogP contribution in [0.25, 0.3) is 6.08 Å². The fraction of sp³-hybridized carbons (Fsp3) is 0.333. The van der Waals surface area contributed by atoms with Gasteiger partial charge in [0.05, 0.1) is 12.4 Å². The van der Waals surface area contributed by atoms with Crippen molar-refractivity contribution in [2.24, 2.45) is 0 Å². The molecule has 0 unspecified atom stereocenters. The van der Waals surface area contributed by atoms with Gasteiger partial charge in [-0.25, -0.2) is 0 Å². The monoisotopic (exact) mass is 370 g/mol. The van der Waals surface area contributed by atoms with E-state index >= 15 is 0 Å². The molecule has 2 rings (SSSR count). The highest BCUT2D eigenvalue weighted by Crippen LogP contribution is 2.08. The van der Waals surface area contributed by atoms with Gasteiger partial charge >= 0.3 is 0 Å². The van der Waals surface area contributed by atoms with Crippen LogP contribution in [0.15, 0.2) is 52.8 Å². The fourth-order valence-corrected chi connectivity index (χ4v) is 2.26. The maximum absolute atomic E-state index is 12.5. The van der Waals surface area contributed by atoms with Crippen LogP contribution in [0.5, 0.6) is 0 Å². The van der Waals surface area contributed by atoms with Crippen molar-refractivity contribution in [2.45, 2.75) is 33.3 Å². The van der Waals surface area contributed by atoms with Gasteiger partial charge in [-0.1, -0.05) is 17.7 Å². The zero-order chi connectivity index (χ0) is 19.6. The Morgan fingerprint density at radius 3 is 2.56 bits per heavy atom. The van der Waals surface area contributed by atoms with Gasteiger partial charge in [-0.05, 0) is 51.5 Å². The highest BCUT2D eigenvalue weighted by Gasteiger charge is 2.15. The molecule has 0 saturated heterocycles. The normalized spacial score (nSPS) is 11.5. The van der Waals surface area contributed by atoms with Crippen LogP contribution in [-0.4, -0.2) is 31.1 Å². The third kappa shape index (κ3) is 7.11. The lowest BCUT2D eigenvalue weighted by molar-refractivity contribution is -0.117. The van der Waals surface area contributed by atoms with Gasteiger partial charge in [0.2, 0.25) is 0 Å². The van der Waals surface area contributed by atoms with Gasteiger partial charge in [0.15, 0.2) is 0 Å². The van der Waals surface area contributed by atoms with Crippen LogP contribution in [0.3, 0.4) is 0 Å². The molecule has 1 heterocycles. The summed E-state index contributed by atoms with van der Waals surface area (Å²) < 4.78 is 10.7. The Kier molecular flexibility index (Phi) is 7.82. The number of nitrogens with one attached hydrogen (secondary N) is 2. The second-order valence-corrected chi connectivity index (χ2v) is 6.42. The number of carbonyl (C=O) groups is 2. The zero-order valence-electron chi connectivity index (χ0n) is 16.0. The number of ether oxygens (including phenoxy) is 1. The van der Waals surface area contributed by atoms with Gasteiger partial charge in [-0.2, -0.15) is 0 Å². The summed E-state index contributed by atoms with van der Waals surface area (Å²) in [6, 6.07) is 10.6. The molecule has 6 nitrogen and oxygen atoms in total. The molecule has 0 aliphatic rings. The zero-order valence-corrected chi connectivity index (χ0v) is 16.0. The Hall–Kier alpha value is -2.86. The predicted molar refractivity (Wildman–Crippen MR) is 104 cm³/mol. The Labute approximate surface area is 159 Å². The summed E-state index contributed by atoms with van der Waals surface area (Å²) in [5, 5.41) is 5.46. The summed E-state index contributed by atoms with van der Waals surface area (Å²) in [5.74, 6) is -0.255. The van der Waals surface area contributed by atoms with Crippen molar-refractivity contribution in [1.29, 1.82) is 0 Å². The molecule has 0 radical (unpaired) electrons. The van der Waals surface area contributed by atoms with E-state index in [1.54, 1.807) is 24.3 Å². The molecule has 0 aliphatic heterocycles. The summed E-state index contributed by atoms with van der Waals surface area (Å²) in [4.78, 5) is 25.0. The van der Waals surface area contributed by atoms with Gasteiger partial charge in [0.25, 0.3) is 11.8 Å². The van der Waals surface area contributed by atoms with Crippen LogP contribution in [-0.2, 0) is 9.53 Å². The first-order valence-electron chi connectivity index (χ1n) is 8.98. The molecule has 2 aromatic rings. The lowest BCUT2D eigenvalue weighted by Gasteiger charge is -2.11. The molecule has 0 spiro atoms. The first-order valence-corrected chi connectivity index (χ1v) is 8.98. The SMILES string of the molecule is Cc1ccc(C(=O)N/C(=C\c2ccco2)C(=O)NCCCOC(C)C)cc1. The average Bonchev–Trinajstić information content (AvgIpc) is 3.14. The molecule has 144 valence electrons. The lowest BCUT2D eigenvalue weighted by Crippen LogP contribution is -2.35. The average molecular weight is 370 g/mol. The van der Waals surface area contributed by atoms with Gasteiger partial charge in [-0.3, -0.25) is 9.59 Å². The summed E-state index contributed by atoms with van der Waals surface area (Å²) in [5.41, 5.74) is 1.66. The summed E-state index contributed by atoms with van der Waals surface area (Å²) in [6.07, 6.45) is 3.85. The Bertz CT molecular complexity index is 762. The van der Waals surface area contributed by atoms with Crippen LogP contribution < -0.4 is 10.6 Å². The van der Waals surface area contributed by atoms with E-state index in [9.17, 15) is 9.59 Å². The van der Waals surface area contributed by atoms with Crippen LogP contribution >= 0.6 is 0 Å². The molecule has 1 aromatic carbocycles. The largest absolute Gasteiger partial charge is 0.465 e. The minimum absolute atomic E-state index is 0.125. The third-order valence-corrected chi connectivity index (χ3v) is 3.69. The van der Waals surface area contributed by atoms with Crippen LogP contribution in [0.1, 0.15) is 41.9 Å². The summed E-state index contributed by atoms with van der Waals surface area (Å²) in [7, 11) is 0. The van der Waals surface area contributed by atoms with E-state index < -0.39 is 0 Å². The lowest BCUT2D eigenvalue weighted by atomic mass is 10.1. The number of amides is 2. The van der Waals surface area contributed by atoms with Crippen molar-refractivity contribution in [2.75, 3.05) is 13.2 Å². The summed E-state index contributed by atoms with van der Waals surface area (Å²) in [6.45, 7) is 6.87. The highest BCUT2D eigenvalue weighted by atomic mass is 16.5. The van der Waals surface area contributed by atoms with Gasteiger partial charge in [0.1, 0.15) is 11.5 Å². The van der Waals surface area contributed by atoms with E-state index in [-0.39, 0.29) is 23.6 Å². The highest BCUT2D eigenvalue weighted by molar-refractivity contribution is 6.05. The van der Waals surface area contributed by atoms with Crippen LogP contribution in [0, 0.1) is 6.92 Å². The number of hydrogen-bond acceptors (Lipinski definition) is 4. The topological polar surface area (TPSA) is 80.6 Å². The number of furan rings is 1. The second-order valence-electron chi connectivity index (χ2n) is 6.42. The number of aryl methyl sites for hydroxylation is 1. The van der Waals surface area contributed by atoms with E-state index in [1.807, 2.05) is 32.9 Å². The smallest absolute Gasteiger partial charge is 0.267 e. The molecule has 1 aromatic heterocycles. The maximum atomic E-state index is 12.5. The molecule has 0 fully saturated rings. The minimum Gasteiger partial charge on any atom is -0.465 e. The molecule has 0 saturated carbocycles. The van der Waals surface area contributed by atoms with Gasteiger partial charge in [-0.15, -0.1) is 0 Å². The molecule has 6 heteroatoms. The molecular formula is C21H26N2O4. The van der Waals surface area contributed by atoms with Crippen molar-refractivity contribution in [3.63, 3.8) is 0 Å². The fourth-order valence-electron chi connectivity index (χ4n) is 2.26. The van der Waals surface area contributed by atoms with Crippen molar-refractivity contribution >= 4 is 17.9 Å². The first kappa shape index (κ1) is 20.5. The van der Waals surface area contributed by atoms with Crippen molar-refractivity contribution in [1.82, 2.24) is 10.6 Å². The molecule has 0 atom stereocenters. The molecule has 0 bridgehead atoms. The van der Waals surface area contributed by atoms with E-state index in [4.69, 9.17) is 9.15 Å². The molecule has 2 amide bonds. The van der Waals surface area contributed by atoms with Gasteiger partial charge in [0, 0.05) is 24.8 Å². The molecule has 2 N–H and O–H groups in total. The quantitative estimate of drug-likeness (QED) is 0.524. The van der Waals surface area contributed by atoms with Crippen molar-refractivity contribution in [3.8, 4) is 0 Å². The second kappa shape index (κ2) is 10.3. The van der Waals surface area contributed by atoms with Gasteiger partial charge < -0.3 is 19.8 Å². The first-order chi connectivity index (χ1) is 13.0.